The van der Waals surface area contributed by atoms with Gasteiger partial charge in [-0.25, -0.2) is 4.90 Å². The zero-order chi connectivity index (χ0) is 17.9. The molecule has 25 heavy (non-hydrogen) atoms. The van der Waals surface area contributed by atoms with E-state index in [2.05, 4.69) is 0 Å². The van der Waals surface area contributed by atoms with Crippen molar-refractivity contribution in [2.24, 2.45) is 0 Å². The highest BCUT2D eigenvalue weighted by Crippen LogP contribution is 2.47. The Kier molecular flexibility index (Phi) is 5.68. The van der Waals surface area contributed by atoms with Crippen molar-refractivity contribution in [2.45, 2.75) is 10.5 Å². The quantitative estimate of drug-likeness (QED) is 0.569. The number of carbonyl (C=O) groups excluding carboxylic acids is 2. The number of amides is 2. The number of benzene rings is 2. The van der Waals surface area contributed by atoms with Crippen LogP contribution in [0.1, 0.15) is 6.42 Å². The summed E-state index contributed by atoms with van der Waals surface area (Å²) in [4.78, 5) is 26.9. The van der Waals surface area contributed by atoms with Gasteiger partial charge >= 0.3 is 0 Å². The van der Waals surface area contributed by atoms with Crippen molar-refractivity contribution in [1.29, 1.82) is 0 Å². The first-order valence-electron chi connectivity index (χ1n) is 7.97. The van der Waals surface area contributed by atoms with Crippen molar-refractivity contribution in [2.75, 3.05) is 29.6 Å². The number of hydrogen-bond donors (Lipinski definition) is 2. The maximum atomic E-state index is 13.1. The summed E-state index contributed by atoms with van der Waals surface area (Å²) in [6, 6.07) is 13.3. The van der Waals surface area contributed by atoms with Crippen LogP contribution >= 0.6 is 23.5 Å². The molecule has 2 amide bonds. The summed E-state index contributed by atoms with van der Waals surface area (Å²) in [5, 5.41) is 20.3. The minimum Gasteiger partial charge on any atom is -0.396 e. The maximum absolute atomic E-state index is 13.1. The molecule has 3 rings (SSSR count). The first kappa shape index (κ1) is 18.3. The van der Waals surface area contributed by atoms with Gasteiger partial charge in [-0.15, -0.1) is 23.5 Å². The molecule has 1 fully saturated rings. The smallest absolute Gasteiger partial charge is 0.260 e. The van der Waals surface area contributed by atoms with Crippen molar-refractivity contribution in [1.82, 2.24) is 0 Å². The van der Waals surface area contributed by atoms with E-state index < -0.39 is 4.08 Å². The van der Waals surface area contributed by atoms with E-state index in [4.69, 9.17) is 10.2 Å². The highest BCUT2D eigenvalue weighted by atomic mass is 32.2. The third kappa shape index (κ3) is 3.55. The number of anilines is 1. The molecule has 2 N–H and O–H groups in total. The number of carbonyl (C=O) groups is 2. The van der Waals surface area contributed by atoms with Crippen LogP contribution in [0, 0.1) is 0 Å². The maximum Gasteiger partial charge on any atom is 0.260 e. The number of thioether (sulfide) groups is 2. The van der Waals surface area contributed by atoms with Crippen LogP contribution < -0.4 is 4.90 Å². The van der Waals surface area contributed by atoms with Gasteiger partial charge in [0.25, 0.3) is 5.91 Å². The lowest BCUT2D eigenvalue weighted by Gasteiger charge is -2.25. The molecule has 0 aliphatic carbocycles. The number of aliphatic hydroxyl groups excluding tert-OH is 2. The van der Waals surface area contributed by atoms with E-state index >= 15 is 0 Å². The Balaban J connectivity index is 1.95. The molecule has 0 spiro atoms. The third-order valence-corrected chi connectivity index (χ3v) is 7.06. The molecule has 1 saturated heterocycles. The molecular formula is C18H19NO4S2. The van der Waals surface area contributed by atoms with Crippen molar-refractivity contribution in [3.8, 4) is 0 Å². The zero-order valence-electron chi connectivity index (χ0n) is 13.6. The van der Waals surface area contributed by atoms with Gasteiger partial charge in [0.1, 0.15) is 4.08 Å². The van der Waals surface area contributed by atoms with Crippen molar-refractivity contribution in [3.05, 3.63) is 42.5 Å². The Morgan fingerprint density at radius 3 is 2.24 bits per heavy atom. The number of rotatable bonds is 7. The highest BCUT2D eigenvalue weighted by molar-refractivity contribution is 8.19. The minimum absolute atomic E-state index is 0.0635. The van der Waals surface area contributed by atoms with Gasteiger partial charge in [0.05, 0.1) is 25.3 Å². The summed E-state index contributed by atoms with van der Waals surface area (Å²) < 4.78 is -0.978. The van der Waals surface area contributed by atoms with Gasteiger partial charge in [0.2, 0.25) is 5.91 Å². The van der Waals surface area contributed by atoms with Gasteiger partial charge in [-0.3, -0.25) is 9.59 Å². The Morgan fingerprint density at radius 2 is 1.60 bits per heavy atom. The average molecular weight is 377 g/mol. The molecule has 7 heteroatoms. The summed E-state index contributed by atoms with van der Waals surface area (Å²) >= 11 is 2.55. The Labute approximate surface area is 154 Å². The molecule has 0 saturated carbocycles. The standard InChI is InChI=1S/C18H19NO4S2/c20-7-9-24-18(25-10-8-21)12-16(22)19(17(18)23)15-6-5-13-3-1-2-4-14(13)11-15/h1-6,11,20-21H,7-10,12H2. The largest absolute Gasteiger partial charge is 0.396 e. The normalized spacial score (nSPS) is 16.8. The fourth-order valence-electron chi connectivity index (χ4n) is 2.90. The summed E-state index contributed by atoms with van der Waals surface area (Å²) in [6.07, 6.45) is 0.0635. The van der Waals surface area contributed by atoms with Crippen LogP contribution in [0.25, 0.3) is 10.8 Å². The zero-order valence-corrected chi connectivity index (χ0v) is 15.2. The van der Waals surface area contributed by atoms with Crippen LogP contribution in [0.3, 0.4) is 0 Å². The molecule has 5 nitrogen and oxygen atoms in total. The lowest BCUT2D eigenvalue weighted by molar-refractivity contribution is -0.121. The topological polar surface area (TPSA) is 77.8 Å². The van der Waals surface area contributed by atoms with E-state index in [1.165, 1.54) is 28.4 Å². The lowest BCUT2D eigenvalue weighted by Crippen LogP contribution is -2.37. The Bertz CT molecular complexity index is 787. The van der Waals surface area contributed by atoms with Crippen LogP contribution in [0.15, 0.2) is 42.5 Å². The SMILES string of the molecule is O=C1CC(SCCO)(SCCO)C(=O)N1c1ccc2ccccc2c1. The van der Waals surface area contributed by atoms with Crippen LogP contribution in [0.5, 0.6) is 0 Å². The molecule has 2 aromatic carbocycles. The van der Waals surface area contributed by atoms with Gasteiger partial charge in [0.15, 0.2) is 0 Å². The molecule has 0 aromatic heterocycles. The van der Waals surface area contributed by atoms with E-state index in [9.17, 15) is 9.59 Å². The second-order valence-corrected chi connectivity index (χ2v) is 8.69. The fraction of sp³-hybridized carbons (Fsp3) is 0.333. The number of fused-ring (bicyclic) bond motifs is 1. The molecule has 1 heterocycles. The summed E-state index contributed by atoms with van der Waals surface area (Å²) in [5.74, 6) is 0.187. The third-order valence-electron chi connectivity index (χ3n) is 4.01. The number of imide groups is 1. The molecule has 1 aliphatic heterocycles. The molecule has 1 aliphatic rings. The molecule has 0 atom stereocenters. The average Bonchev–Trinajstić information content (AvgIpc) is 2.88. The monoisotopic (exact) mass is 377 g/mol. The predicted octanol–water partition coefficient (Wildman–Crippen LogP) is 2.25. The first-order valence-corrected chi connectivity index (χ1v) is 9.94. The van der Waals surface area contributed by atoms with E-state index in [1.807, 2.05) is 36.4 Å². The fourth-order valence-corrected chi connectivity index (χ4v) is 5.46. The molecule has 0 bridgehead atoms. The van der Waals surface area contributed by atoms with E-state index in [1.54, 1.807) is 6.07 Å². The summed E-state index contributed by atoms with van der Waals surface area (Å²) in [7, 11) is 0. The Hall–Kier alpha value is -1.54. The highest BCUT2D eigenvalue weighted by Gasteiger charge is 2.52. The molecule has 0 unspecified atom stereocenters. The van der Waals surface area contributed by atoms with Crippen molar-refractivity contribution in [3.63, 3.8) is 0 Å². The van der Waals surface area contributed by atoms with Gasteiger partial charge in [0, 0.05) is 11.5 Å². The molecule has 0 radical (unpaired) electrons. The summed E-state index contributed by atoms with van der Waals surface area (Å²) in [5.41, 5.74) is 0.560. The molecule has 132 valence electrons. The van der Waals surface area contributed by atoms with Gasteiger partial charge in [-0.1, -0.05) is 30.3 Å². The first-order chi connectivity index (χ1) is 12.1. The van der Waals surface area contributed by atoms with Crippen LogP contribution in [-0.2, 0) is 9.59 Å². The molecular weight excluding hydrogens is 358 g/mol. The van der Waals surface area contributed by atoms with Crippen molar-refractivity contribution >= 4 is 51.8 Å². The van der Waals surface area contributed by atoms with Gasteiger partial charge in [-0.05, 0) is 22.9 Å². The van der Waals surface area contributed by atoms with Gasteiger partial charge in [-0.2, -0.15) is 0 Å². The van der Waals surface area contributed by atoms with E-state index in [-0.39, 0.29) is 31.4 Å². The number of nitrogens with zero attached hydrogens (tertiary/aromatic N) is 1. The second kappa shape index (κ2) is 7.78. The van der Waals surface area contributed by atoms with Crippen LogP contribution in [-0.4, -0.2) is 50.8 Å². The van der Waals surface area contributed by atoms with Crippen molar-refractivity contribution < 1.29 is 19.8 Å². The van der Waals surface area contributed by atoms with E-state index in [0.717, 1.165) is 10.8 Å². The van der Waals surface area contributed by atoms with Crippen LogP contribution in [0.2, 0.25) is 0 Å². The predicted molar refractivity (Wildman–Crippen MR) is 103 cm³/mol. The number of aliphatic hydroxyl groups is 2. The van der Waals surface area contributed by atoms with Crippen LogP contribution in [0.4, 0.5) is 5.69 Å². The number of hydrogen-bond acceptors (Lipinski definition) is 6. The Morgan fingerprint density at radius 1 is 0.960 bits per heavy atom. The second-order valence-electron chi connectivity index (χ2n) is 5.64. The minimum atomic E-state index is -0.978. The lowest BCUT2D eigenvalue weighted by atomic mass is 10.1. The summed E-state index contributed by atoms with van der Waals surface area (Å²) in [6.45, 7) is -0.132. The molecule has 2 aromatic rings. The van der Waals surface area contributed by atoms with Gasteiger partial charge < -0.3 is 10.2 Å². The van der Waals surface area contributed by atoms with E-state index in [0.29, 0.717) is 17.2 Å².